The van der Waals surface area contributed by atoms with Gasteiger partial charge in [0.1, 0.15) is 5.82 Å². The Hall–Kier alpha value is -2.57. The van der Waals surface area contributed by atoms with Crippen LogP contribution in [0.4, 0.5) is 28.9 Å². The van der Waals surface area contributed by atoms with Crippen molar-refractivity contribution in [1.82, 2.24) is 0 Å². The zero-order chi connectivity index (χ0) is 17.2. The van der Waals surface area contributed by atoms with Crippen LogP contribution in [0.2, 0.25) is 0 Å². The van der Waals surface area contributed by atoms with E-state index in [-0.39, 0.29) is 5.56 Å². The van der Waals surface area contributed by atoms with Crippen LogP contribution in [-0.4, -0.2) is 13.0 Å². The number of alkyl halides is 3. The molecule has 0 spiro atoms. The van der Waals surface area contributed by atoms with Gasteiger partial charge in [-0.05, 0) is 42.8 Å². The normalized spacial score (nSPS) is 11.2. The highest BCUT2D eigenvalue weighted by atomic mass is 19.4. The van der Waals surface area contributed by atoms with Gasteiger partial charge in [-0.2, -0.15) is 13.2 Å². The van der Waals surface area contributed by atoms with E-state index < -0.39 is 29.2 Å². The van der Waals surface area contributed by atoms with Gasteiger partial charge in [0.25, 0.3) is 5.91 Å². The summed E-state index contributed by atoms with van der Waals surface area (Å²) in [5, 5.41) is 5.06. The summed E-state index contributed by atoms with van der Waals surface area (Å²) in [7, 11) is 1.68. The molecule has 2 aromatic carbocycles. The van der Waals surface area contributed by atoms with E-state index in [1.54, 1.807) is 13.1 Å². The minimum atomic E-state index is -4.61. The molecule has 0 aromatic heterocycles. The second-order valence-electron chi connectivity index (χ2n) is 4.93. The quantitative estimate of drug-likeness (QED) is 0.818. The van der Waals surface area contributed by atoms with E-state index in [2.05, 4.69) is 10.6 Å². The van der Waals surface area contributed by atoms with E-state index in [0.717, 1.165) is 5.56 Å². The topological polar surface area (TPSA) is 41.1 Å². The molecule has 0 saturated heterocycles. The van der Waals surface area contributed by atoms with Gasteiger partial charge < -0.3 is 10.6 Å². The fourth-order valence-corrected chi connectivity index (χ4v) is 2.02. The first-order chi connectivity index (χ1) is 10.7. The van der Waals surface area contributed by atoms with Crippen molar-refractivity contribution >= 4 is 17.3 Å². The van der Waals surface area contributed by atoms with Gasteiger partial charge in [0.2, 0.25) is 0 Å². The zero-order valence-corrected chi connectivity index (χ0v) is 12.4. The van der Waals surface area contributed by atoms with Gasteiger partial charge in [-0.25, -0.2) is 4.39 Å². The van der Waals surface area contributed by atoms with Gasteiger partial charge in [0.05, 0.1) is 11.3 Å². The predicted molar refractivity (Wildman–Crippen MR) is 80.1 cm³/mol. The first-order valence-corrected chi connectivity index (χ1v) is 6.69. The molecular formula is C16H14F4N2O. The van der Waals surface area contributed by atoms with Crippen LogP contribution in [0.15, 0.2) is 36.4 Å². The summed E-state index contributed by atoms with van der Waals surface area (Å²) in [5.41, 5.74) is 0.249. The molecule has 0 saturated carbocycles. The van der Waals surface area contributed by atoms with Gasteiger partial charge in [-0.15, -0.1) is 0 Å². The van der Waals surface area contributed by atoms with E-state index in [1.807, 2.05) is 6.92 Å². The van der Waals surface area contributed by atoms with Gasteiger partial charge in [-0.3, -0.25) is 4.79 Å². The SMILES string of the molecule is CNc1cc(C(=O)Nc2cc(C(F)(F)F)ccc2F)ccc1C. The maximum Gasteiger partial charge on any atom is 0.416 e. The largest absolute Gasteiger partial charge is 0.416 e. The summed E-state index contributed by atoms with van der Waals surface area (Å²) in [4.78, 5) is 12.1. The Morgan fingerprint density at radius 2 is 1.74 bits per heavy atom. The number of halogens is 4. The summed E-state index contributed by atoms with van der Waals surface area (Å²) >= 11 is 0. The molecule has 23 heavy (non-hydrogen) atoms. The summed E-state index contributed by atoms with van der Waals surface area (Å²) in [6.45, 7) is 1.83. The number of amides is 1. The second-order valence-corrected chi connectivity index (χ2v) is 4.93. The third-order valence-electron chi connectivity index (χ3n) is 3.31. The second kappa shape index (κ2) is 6.28. The van der Waals surface area contributed by atoms with Gasteiger partial charge in [0, 0.05) is 18.3 Å². The molecule has 122 valence electrons. The number of benzene rings is 2. The predicted octanol–water partition coefficient (Wildman–Crippen LogP) is 4.45. The van der Waals surface area contributed by atoms with E-state index in [1.165, 1.54) is 12.1 Å². The molecule has 0 unspecified atom stereocenters. The molecule has 2 aromatic rings. The lowest BCUT2D eigenvalue weighted by Crippen LogP contribution is -2.15. The van der Waals surface area contributed by atoms with Crippen molar-refractivity contribution in [2.24, 2.45) is 0 Å². The minimum absolute atomic E-state index is 0.205. The van der Waals surface area contributed by atoms with Crippen LogP contribution in [0, 0.1) is 12.7 Å². The van der Waals surface area contributed by atoms with Crippen molar-refractivity contribution in [3.63, 3.8) is 0 Å². The van der Waals surface area contributed by atoms with E-state index in [0.29, 0.717) is 23.9 Å². The molecule has 2 N–H and O–H groups in total. The highest BCUT2D eigenvalue weighted by Crippen LogP contribution is 2.32. The van der Waals surface area contributed by atoms with Gasteiger partial charge in [0.15, 0.2) is 0 Å². The Kier molecular flexibility index (Phi) is 4.58. The highest BCUT2D eigenvalue weighted by Gasteiger charge is 2.31. The van der Waals surface area contributed by atoms with E-state index in [4.69, 9.17) is 0 Å². The molecule has 2 rings (SSSR count). The summed E-state index contributed by atoms with van der Waals surface area (Å²) in [6.07, 6.45) is -4.61. The lowest BCUT2D eigenvalue weighted by atomic mass is 10.1. The maximum absolute atomic E-state index is 13.6. The molecule has 0 aliphatic carbocycles. The van der Waals surface area contributed by atoms with E-state index in [9.17, 15) is 22.4 Å². The molecule has 0 heterocycles. The lowest BCUT2D eigenvalue weighted by molar-refractivity contribution is -0.137. The number of nitrogens with one attached hydrogen (secondary N) is 2. The first-order valence-electron chi connectivity index (χ1n) is 6.69. The zero-order valence-electron chi connectivity index (χ0n) is 12.4. The fourth-order valence-electron chi connectivity index (χ4n) is 2.02. The lowest BCUT2D eigenvalue weighted by Gasteiger charge is -2.12. The van der Waals surface area contributed by atoms with Gasteiger partial charge in [-0.1, -0.05) is 6.07 Å². The van der Waals surface area contributed by atoms with Crippen molar-refractivity contribution in [3.05, 3.63) is 58.9 Å². The molecule has 7 heteroatoms. The molecule has 0 bridgehead atoms. The molecule has 1 amide bonds. The van der Waals surface area contributed by atoms with Crippen molar-refractivity contribution in [3.8, 4) is 0 Å². The average Bonchev–Trinajstić information content (AvgIpc) is 2.48. The Morgan fingerprint density at radius 3 is 2.35 bits per heavy atom. The van der Waals surface area contributed by atoms with Crippen LogP contribution >= 0.6 is 0 Å². The smallest absolute Gasteiger partial charge is 0.388 e. The Labute approximate surface area is 130 Å². The van der Waals surface area contributed by atoms with Crippen LogP contribution in [0.5, 0.6) is 0 Å². The molecule has 0 aliphatic rings. The molecule has 0 aliphatic heterocycles. The third kappa shape index (κ3) is 3.80. The molecular weight excluding hydrogens is 312 g/mol. The molecule has 0 fully saturated rings. The molecule has 0 radical (unpaired) electrons. The third-order valence-corrected chi connectivity index (χ3v) is 3.31. The summed E-state index contributed by atoms with van der Waals surface area (Å²) in [6, 6.07) is 6.60. The first kappa shape index (κ1) is 16.8. The number of aryl methyl sites for hydroxylation is 1. The Balaban J connectivity index is 2.30. The van der Waals surface area contributed by atoms with Crippen LogP contribution in [-0.2, 0) is 6.18 Å². The number of carbonyl (C=O) groups is 1. The number of hydrogen-bond donors (Lipinski definition) is 2. The maximum atomic E-state index is 13.6. The number of anilines is 2. The van der Waals surface area contributed by atoms with Crippen molar-refractivity contribution in [2.45, 2.75) is 13.1 Å². The standard InChI is InChI=1S/C16H14F4N2O/c1-9-3-4-10(7-13(9)21-2)15(23)22-14-8-11(16(18,19)20)5-6-12(14)17/h3-8,21H,1-2H3,(H,22,23). The molecule has 3 nitrogen and oxygen atoms in total. The number of hydrogen-bond acceptors (Lipinski definition) is 2. The van der Waals surface area contributed by atoms with Crippen LogP contribution < -0.4 is 10.6 Å². The summed E-state index contributed by atoms with van der Waals surface area (Å²) < 4.78 is 51.6. The number of carbonyl (C=O) groups excluding carboxylic acids is 1. The fraction of sp³-hybridized carbons (Fsp3) is 0.188. The van der Waals surface area contributed by atoms with Crippen molar-refractivity contribution in [1.29, 1.82) is 0 Å². The molecule has 0 atom stereocenters. The number of rotatable bonds is 3. The van der Waals surface area contributed by atoms with Crippen LogP contribution in [0.3, 0.4) is 0 Å². The van der Waals surface area contributed by atoms with Gasteiger partial charge >= 0.3 is 6.18 Å². The minimum Gasteiger partial charge on any atom is -0.388 e. The monoisotopic (exact) mass is 326 g/mol. The summed E-state index contributed by atoms with van der Waals surface area (Å²) in [5.74, 6) is -1.63. The average molecular weight is 326 g/mol. The van der Waals surface area contributed by atoms with E-state index >= 15 is 0 Å². The Bertz CT molecular complexity index is 741. The van der Waals surface area contributed by atoms with Crippen LogP contribution in [0.25, 0.3) is 0 Å². The Morgan fingerprint density at radius 1 is 1.04 bits per heavy atom. The van der Waals surface area contributed by atoms with Crippen molar-refractivity contribution in [2.75, 3.05) is 17.7 Å². The van der Waals surface area contributed by atoms with Crippen LogP contribution in [0.1, 0.15) is 21.5 Å². The highest BCUT2D eigenvalue weighted by molar-refractivity contribution is 6.05. The van der Waals surface area contributed by atoms with Crippen molar-refractivity contribution < 1.29 is 22.4 Å².